The van der Waals surface area contributed by atoms with Crippen molar-refractivity contribution in [3.05, 3.63) is 70.8 Å². The van der Waals surface area contributed by atoms with Crippen LogP contribution in [0.25, 0.3) is 0 Å². The first-order valence-corrected chi connectivity index (χ1v) is 7.85. The number of hydrogen-bond acceptors (Lipinski definition) is 8. The highest BCUT2D eigenvalue weighted by molar-refractivity contribution is 6.25. The second-order valence-corrected chi connectivity index (χ2v) is 5.83. The number of rotatable bonds is 0. The maximum Gasteiger partial charge on any atom is 0.190 e. The SMILES string of the molecule is O=C1C=CC(=O)c2c(O)ccc(O)c21.O=C1C=CC(=O)c2c(O)ccc(O)c21. The molecule has 0 aliphatic heterocycles. The minimum absolute atomic E-state index is 0.127. The first kappa shape index (κ1) is 18.6. The minimum atomic E-state index is -0.479. The highest BCUT2D eigenvalue weighted by Gasteiger charge is 2.26. The van der Waals surface area contributed by atoms with Crippen LogP contribution in [0.5, 0.6) is 23.0 Å². The molecule has 0 fully saturated rings. The molecular weight excluding hydrogens is 368 g/mol. The number of allylic oxidation sites excluding steroid dienone is 4. The summed E-state index contributed by atoms with van der Waals surface area (Å²) in [5.74, 6) is -3.08. The van der Waals surface area contributed by atoms with E-state index in [1.807, 2.05) is 0 Å². The second-order valence-electron chi connectivity index (χ2n) is 5.83. The normalized spacial score (nSPS) is 14.3. The molecule has 140 valence electrons. The van der Waals surface area contributed by atoms with Crippen molar-refractivity contribution < 1.29 is 39.6 Å². The van der Waals surface area contributed by atoms with Gasteiger partial charge in [0.05, 0.1) is 22.3 Å². The van der Waals surface area contributed by atoms with Crippen molar-refractivity contribution >= 4 is 23.1 Å². The lowest BCUT2D eigenvalue weighted by atomic mass is 9.93. The summed E-state index contributed by atoms with van der Waals surface area (Å²) in [4.78, 5) is 45.2. The maximum atomic E-state index is 11.3. The van der Waals surface area contributed by atoms with E-state index in [0.29, 0.717) is 0 Å². The van der Waals surface area contributed by atoms with Gasteiger partial charge < -0.3 is 20.4 Å². The fraction of sp³-hybridized carbons (Fsp3) is 0. The number of benzene rings is 2. The highest BCUT2D eigenvalue weighted by Crippen LogP contribution is 2.33. The fourth-order valence-corrected chi connectivity index (χ4v) is 2.80. The molecule has 2 aromatic rings. The average Bonchev–Trinajstić information content (AvgIpc) is 2.66. The van der Waals surface area contributed by atoms with Crippen LogP contribution in [0, 0.1) is 0 Å². The first-order valence-electron chi connectivity index (χ1n) is 7.85. The molecule has 8 heteroatoms. The molecule has 0 spiro atoms. The second kappa shape index (κ2) is 6.84. The number of fused-ring (bicyclic) bond motifs is 2. The van der Waals surface area contributed by atoms with Crippen LogP contribution in [-0.4, -0.2) is 43.6 Å². The van der Waals surface area contributed by atoms with Gasteiger partial charge in [-0.15, -0.1) is 0 Å². The van der Waals surface area contributed by atoms with Gasteiger partial charge in [0.1, 0.15) is 23.0 Å². The van der Waals surface area contributed by atoms with Gasteiger partial charge in [0.15, 0.2) is 23.1 Å². The van der Waals surface area contributed by atoms with E-state index in [-0.39, 0.29) is 45.3 Å². The molecular formula is C20H12O8. The smallest absolute Gasteiger partial charge is 0.190 e. The van der Waals surface area contributed by atoms with Crippen LogP contribution in [0.15, 0.2) is 48.6 Å². The first-order chi connectivity index (χ1) is 13.2. The number of carbonyl (C=O) groups excluding carboxylic acids is 4. The van der Waals surface area contributed by atoms with Crippen molar-refractivity contribution in [1.29, 1.82) is 0 Å². The van der Waals surface area contributed by atoms with Gasteiger partial charge in [0.25, 0.3) is 0 Å². The van der Waals surface area contributed by atoms with Gasteiger partial charge in [0, 0.05) is 0 Å². The van der Waals surface area contributed by atoms with Crippen molar-refractivity contribution in [2.24, 2.45) is 0 Å². The van der Waals surface area contributed by atoms with Gasteiger partial charge in [-0.2, -0.15) is 0 Å². The Bertz CT molecular complexity index is 946. The van der Waals surface area contributed by atoms with Crippen molar-refractivity contribution in [3.63, 3.8) is 0 Å². The van der Waals surface area contributed by atoms with Crippen LogP contribution in [0.1, 0.15) is 41.4 Å². The number of phenolic OH excluding ortho intramolecular Hbond substituents is 4. The van der Waals surface area contributed by atoms with Crippen molar-refractivity contribution in [1.82, 2.24) is 0 Å². The van der Waals surface area contributed by atoms with Crippen LogP contribution in [0.2, 0.25) is 0 Å². The molecule has 2 aromatic carbocycles. The van der Waals surface area contributed by atoms with Crippen LogP contribution in [-0.2, 0) is 0 Å². The number of ketones is 4. The van der Waals surface area contributed by atoms with E-state index < -0.39 is 23.1 Å². The number of phenols is 4. The van der Waals surface area contributed by atoms with E-state index in [1.54, 1.807) is 0 Å². The largest absolute Gasteiger partial charge is 0.507 e. The molecule has 0 bridgehead atoms. The van der Waals surface area contributed by atoms with E-state index in [9.17, 15) is 39.6 Å². The molecule has 4 N–H and O–H groups in total. The van der Waals surface area contributed by atoms with Gasteiger partial charge in [-0.05, 0) is 48.6 Å². The van der Waals surface area contributed by atoms with E-state index in [1.165, 1.54) is 24.3 Å². The Labute approximate surface area is 157 Å². The van der Waals surface area contributed by atoms with E-state index in [2.05, 4.69) is 0 Å². The van der Waals surface area contributed by atoms with Gasteiger partial charge in [-0.1, -0.05) is 0 Å². The highest BCUT2D eigenvalue weighted by atomic mass is 16.3. The summed E-state index contributed by atoms with van der Waals surface area (Å²) < 4.78 is 0. The van der Waals surface area contributed by atoms with Crippen molar-refractivity contribution in [2.75, 3.05) is 0 Å². The molecule has 28 heavy (non-hydrogen) atoms. The molecule has 0 unspecified atom stereocenters. The van der Waals surface area contributed by atoms with Crippen LogP contribution in [0.3, 0.4) is 0 Å². The Balaban J connectivity index is 0.000000161. The lowest BCUT2D eigenvalue weighted by Crippen LogP contribution is -2.11. The summed E-state index contributed by atoms with van der Waals surface area (Å²) in [5.41, 5.74) is -0.509. The summed E-state index contributed by atoms with van der Waals surface area (Å²) in [6.45, 7) is 0. The standard InChI is InChI=1S/2C10H6O4/c2*11-5-1-2-6(12)10-8(14)4-3-7(13)9(5)10/h2*1-4,11-12H. The molecule has 0 saturated carbocycles. The monoisotopic (exact) mass is 380 g/mol. The predicted molar refractivity (Wildman–Crippen MR) is 95.1 cm³/mol. The average molecular weight is 380 g/mol. The molecule has 0 saturated heterocycles. The maximum absolute atomic E-state index is 11.3. The topological polar surface area (TPSA) is 149 Å². The summed E-state index contributed by atoms with van der Waals surface area (Å²) in [6, 6.07) is 4.72. The zero-order chi connectivity index (χ0) is 20.6. The zero-order valence-electron chi connectivity index (χ0n) is 14.0. The van der Waals surface area contributed by atoms with Gasteiger partial charge >= 0.3 is 0 Å². The summed E-state index contributed by atoms with van der Waals surface area (Å²) >= 11 is 0. The van der Waals surface area contributed by atoms with Crippen molar-refractivity contribution in [3.8, 4) is 23.0 Å². The molecule has 0 radical (unpaired) electrons. The van der Waals surface area contributed by atoms with E-state index >= 15 is 0 Å². The molecule has 0 atom stereocenters. The number of aromatic hydroxyl groups is 4. The van der Waals surface area contributed by atoms with Gasteiger partial charge in [0.2, 0.25) is 0 Å². The molecule has 4 rings (SSSR count). The van der Waals surface area contributed by atoms with E-state index in [4.69, 9.17) is 0 Å². The van der Waals surface area contributed by atoms with Crippen LogP contribution < -0.4 is 0 Å². The number of carbonyl (C=O) groups is 4. The molecule has 2 aliphatic carbocycles. The Morgan fingerprint density at radius 2 is 0.571 bits per heavy atom. The fourth-order valence-electron chi connectivity index (χ4n) is 2.80. The Morgan fingerprint density at radius 3 is 0.750 bits per heavy atom. The third-order valence-corrected chi connectivity index (χ3v) is 4.08. The van der Waals surface area contributed by atoms with Gasteiger partial charge in [-0.25, -0.2) is 0 Å². The molecule has 2 aliphatic rings. The molecule has 8 nitrogen and oxygen atoms in total. The van der Waals surface area contributed by atoms with Gasteiger partial charge in [-0.3, -0.25) is 19.2 Å². The Kier molecular flexibility index (Phi) is 4.54. The molecule has 0 heterocycles. The summed E-state index contributed by atoms with van der Waals surface area (Å²) in [6.07, 6.45) is 4.29. The predicted octanol–water partition coefficient (Wildman–Crippen LogP) is 2.07. The summed E-state index contributed by atoms with van der Waals surface area (Å²) in [5, 5.41) is 37.4. The van der Waals surface area contributed by atoms with Crippen molar-refractivity contribution in [2.45, 2.75) is 0 Å². The lowest BCUT2D eigenvalue weighted by Gasteiger charge is -2.11. The zero-order valence-corrected chi connectivity index (χ0v) is 14.0. The third-order valence-electron chi connectivity index (χ3n) is 4.08. The van der Waals surface area contributed by atoms with Crippen LogP contribution in [0.4, 0.5) is 0 Å². The molecule has 0 aromatic heterocycles. The number of hydrogen-bond donors (Lipinski definition) is 4. The lowest BCUT2D eigenvalue weighted by molar-refractivity contribution is 0.0989. The Hall–Kier alpha value is -4.20. The summed E-state index contributed by atoms with van der Waals surface area (Å²) in [7, 11) is 0. The van der Waals surface area contributed by atoms with E-state index in [0.717, 1.165) is 24.3 Å². The Morgan fingerprint density at radius 1 is 0.393 bits per heavy atom. The minimum Gasteiger partial charge on any atom is -0.507 e. The van der Waals surface area contributed by atoms with Crippen LogP contribution >= 0.6 is 0 Å². The molecule has 0 amide bonds. The quantitative estimate of drug-likeness (QED) is 0.507. The third kappa shape index (κ3) is 3.03.